The van der Waals surface area contributed by atoms with E-state index in [-0.39, 0.29) is 18.3 Å². The third-order valence-corrected chi connectivity index (χ3v) is 4.76. The van der Waals surface area contributed by atoms with Crippen molar-refractivity contribution >= 4 is 23.5 Å². The average Bonchev–Trinajstić information content (AvgIpc) is 2.79. The van der Waals surface area contributed by atoms with Crippen molar-refractivity contribution in [3.05, 3.63) is 30.0 Å². The highest BCUT2D eigenvalue weighted by molar-refractivity contribution is 6.62. The summed E-state index contributed by atoms with van der Waals surface area (Å²) in [5.41, 5.74) is 2.97. The van der Waals surface area contributed by atoms with Crippen LogP contribution in [0, 0.1) is 6.92 Å². The maximum absolute atomic E-state index is 6.14. The smallest absolute Gasteiger partial charge is 0.399 e. The van der Waals surface area contributed by atoms with Gasteiger partial charge in [0.15, 0.2) is 0 Å². The van der Waals surface area contributed by atoms with Crippen LogP contribution in [0.4, 0.5) is 0 Å². The maximum atomic E-state index is 6.14. The number of aryl methyl sites for hydroxylation is 2. The molecule has 0 spiro atoms. The zero-order valence-corrected chi connectivity index (χ0v) is 13.2. The lowest BCUT2D eigenvalue weighted by molar-refractivity contribution is 0.00578. The first-order valence-electron chi connectivity index (χ1n) is 7.12. The summed E-state index contributed by atoms with van der Waals surface area (Å²) in [5, 5.41) is 1.28. The van der Waals surface area contributed by atoms with Crippen molar-refractivity contribution in [3.8, 4) is 0 Å². The minimum Gasteiger partial charge on any atom is -0.399 e. The van der Waals surface area contributed by atoms with Gasteiger partial charge in [0.05, 0.1) is 11.2 Å². The van der Waals surface area contributed by atoms with Crippen molar-refractivity contribution < 1.29 is 9.31 Å². The Morgan fingerprint density at radius 2 is 1.65 bits per heavy atom. The van der Waals surface area contributed by atoms with Crippen molar-refractivity contribution in [1.82, 2.24) is 4.57 Å². The first-order valence-corrected chi connectivity index (χ1v) is 7.12. The van der Waals surface area contributed by atoms with Crippen LogP contribution in [0.25, 0.3) is 10.9 Å². The van der Waals surface area contributed by atoms with Crippen molar-refractivity contribution in [2.75, 3.05) is 0 Å². The lowest BCUT2D eigenvalue weighted by Crippen LogP contribution is -2.41. The van der Waals surface area contributed by atoms with E-state index in [4.69, 9.17) is 9.31 Å². The lowest BCUT2D eigenvalue weighted by atomic mass is 9.78. The van der Waals surface area contributed by atoms with E-state index in [1.54, 1.807) is 0 Å². The minimum absolute atomic E-state index is 0.294. The van der Waals surface area contributed by atoms with Gasteiger partial charge in [0.2, 0.25) is 0 Å². The van der Waals surface area contributed by atoms with E-state index in [0.29, 0.717) is 0 Å². The SMILES string of the molecule is Cc1cc(B2OC(C)(C)C(C)(C)O2)cc2c1ccn2C. The fourth-order valence-corrected chi connectivity index (χ4v) is 2.70. The maximum Gasteiger partial charge on any atom is 0.494 e. The van der Waals surface area contributed by atoms with Gasteiger partial charge in [-0.25, -0.2) is 0 Å². The lowest BCUT2D eigenvalue weighted by Gasteiger charge is -2.32. The van der Waals surface area contributed by atoms with Crippen molar-refractivity contribution in [2.24, 2.45) is 7.05 Å². The van der Waals surface area contributed by atoms with E-state index < -0.39 is 0 Å². The van der Waals surface area contributed by atoms with Crippen molar-refractivity contribution in [3.63, 3.8) is 0 Å². The van der Waals surface area contributed by atoms with E-state index in [1.807, 2.05) is 0 Å². The van der Waals surface area contributed by atoms with E-state index in [9.17, 15) is 0 Å². The standard InChI is InChI=1S/C16H22BNO2/c1-11-9-12(10-14-13(11)7-8-18(14)6)17-19-15(2,3)16(4,5)20-17/h7-10H,1-6H3. The van der Waals surface area contributed by atoms with Crippen molar-refractivity contribution in [1.29, 1.82) is 0 Å². The summed E-state index contributed by atoms with van der Waals surface area (Å²) >= 11 is 0. The molecule has 1 aliphatic rings. The zero-order chi connectivity index (χ0) is 14.7. The Morgan fingerprint density at radius 1 is 1.05 bits per heavy atom. The fourth-order valence-electron chi connectivity index (χ4n) is 2.70. The van der Waals surface area contributed by atoms with Gasteiger partial charge in [-0.1, -0.05) is 6.07 Å². The molecule has 1 aromatic heterocycles. The molecule has 0 atom stereocenters. The number of benzene rings is 1. The number of fused-ring (bicyclic) bond motifs is 1. The predicted octanol–water partition coefficient (Wildman–Crippen LogP) is 2.79. The third kappa shape index (κ3) is 1.90. The Kier molecular flexibility index (Phi) is 2.83. The Morgan fingerprint density at radius 3 is 2.25 bits per heavy atom. The molecule has 0 aliphatic carbocycles. The Bertz CT molecular complexity index is 656. The van der Waals surface area contributed by atoms with Gasteiger partial charge < -0.3 is 13.9 Å². The van der Waals surface area contributed by atoms with Gasteiger partial charge in [-0.05, 0) is 57.8 Å². The molecule has 0 amide bonds. The van der Waals surface area contributed by atoms with E-state index >= 15 is 0 Å². The second kappa shape index (κ2) is 4.12. The monoisotopic (exact) mass is 271 g/mol. The highest BCUT2D eigenvalue weighted by Gasteiger charge is 2.51. The second-order valence-corrected chi connectivity index (χ2v) is 6.79. The molecular weight excluding hydrogens is 249 g/mol. The number of hydrogen-bond donors (Lipinski definition) is 0. The normalized spacial score (nSPS) is 20.8. The number of hydrogen-bond acceptors (Lipinski definition) is 2. The van der Waals surface area contributed by atoms with Crippen LogP contribution in [0.15, 0.2) is 24.4 Å². The van der Waals surface area contributed by atoms with E-state index in [1.165, 1.54) is 16.5 Å². The Balaban J connectivity index is 2.06. The summed E-state index contributed by atoms with van der Waals surface area (Å²) in [5.74, 6) is 0. The Hall–Kier alpha value is -1.26. The molecule has 106 valence electrons. The van der Waals surface area contributed by atoms with Crippen LogP contribution in [0.1, 0.15) is 33.3 Å². The van der Waals surface area contributed by atoms with Gasteiger partial charge >= 0.3 is 7.12 Å². The topological polar surface area (TPSA) is 23.4 Å². The van der Waals surface area contributed by atoms with Gasteiger partial charge in [-0.3, -0.25) is 0 Å². The summed E-state index contributed by atoms with van der Waals surface area (Å²) in [6.45, 7) is 10.5. The van der Waals surface area contributed by atoms with Crippen LogP contribution in [-0.2, 0) is 16.4 Å². The summed E-state index contributed by atoms with van der Waals surface area (Å²) in [6.07, 6.45) is 2.09. The first kappa shape index (κ1) is 13.7. The molecule has 0 bridgehead atoms. The largest absolute Gasteiger partial charge is 0.494 e. The molecule has 1 aromatic carbocycles. The molecule has 1 aliphatic heterocycles. The van der Waals surface area contributed by atoms with E-state index in [2.05, 4.69) is 70.6 Å². The molecule has 2 heterocycles. The molecular formula is C16H22BNO2. The van der Waals surface area contributed by atoms with E-state index in [0.717, 1.165) is 5.46 Å². The van der Waals surface area contributed by atoms with Crippen LogP contribution >= 0.6 is 0 Å². The van der Waals surface area contributed by atoms with Crippen molar-refractivity contribution in [2.45, 2.75) is 45.8 Å². The van der Waals surface area contributed by atoms with Crippen LogP contribution in [0.5, 0.6) is 0 Å². The molecule has 1 saturated heterocycles. The average molecular weight is 271 g/mol. The summed E-state index contributed by atoms with van der Waals surface area (Å²) < 4.78 is 14.4. The van der Waals surface area contributed by atoms with Gasteiger partial charge in [-0.2, -0.15) is 0 Å². The first-order chi connectivity index (χ1) is 9.21. The Labute approximate surface area is 121 Å². The highest BCUT2D eigenvalue weighted by Crippen LogP contribution is 2.36. The molecule has 3 rings (SSSR count). The van der Waals surface area contributed by atoms with Gasteiger partial charge in [0.25, 0.3) is 0 Å². The second-order valence-electron chi connectivity index (χ2n) is 6.79. The quantitative estimate of drug-likeness (QED) is 0.744. The molecule has 0 unspecified atom stereocenters. The molecule has 0 saturated carbocycles. The third-order valence-electron chi connectivity index (χ3n) is 4.76. The molecule has 0 radical (unpaired) electrons. The molecule has 3 nitrogen and oxygen atoms in total. The highest BCUT2D eigenvalue weighted by atomic mass is 16.7. The molecule has 2 aromatic rings. The molecule has 4 heteroatoms. The van der Waals surface area contributed by atoms with Crippen LogP contribution in [-0.4, -0.2) is 22.9 Å². The van der Waals surface area contributed by atoms with Crippen LogP contribution in [0.2, 0.25) is 0 Å². The summed E-state index contributed by atoms with van der Waals surface area (Å²) in [6, 6.07) is 6.49. The molecule has 1 fully saturated rings. The van der Waals surface area contributed by atoms with Crippen LogP contribution in [0.3, 0.4) is 0 Å². The molecule has 20 heavy (non-hydrogen) atoms. The minimum atomic E-state index is -0.297. The van der Waals surface area contributed by atoms with Gasteiger partial charge in [0, 0.05) is 24.1 Å². The number of nitrogens with zero attached hydrogens (tertiary/aromatic N) is 1. The number of aromatic nitrogens is 1. The zero-order valence-electron chi connectivity index (χ0n) is 13.2. The number of rotatable bonds is 1. The fraction of sp³-hybridized carbons (Fsp3) is 0.500. The molecule has 0 N–H and O–H groups in total. The van der Waals surface area contributed by atoms with Gasteiger partial charge in [-0.15, -0.1) is 0 Å². The van der Waals surface area contributed by atoms with Crippen LogP contribution < -0.4 is 5.46 Å². The van der Waals surface area contributed by atoms with Gasteiger partial charge in [0.1, 0.15) is 0 Å². The predicted molar refractivity (Wildman–Crippen MR) is 83.4 cm³/mol. The summed E-state index contributed by atoms with van der Waals surface area (Å²) in [4.78, 5) is 0. The summed E-state index contributed by atoms with van der Waals surface area (Å²) in [7, 11) is 1.77.